The van der Waals surface area contributed by atoms with Gasteiger partial charge < -0.3 is 4.57 Å². The van der Waals surface area contributed by atoms with Crippen LogP contribution in [0.2, 0.25) is 0 Å². The highest BCUT2D eigenvalue weighted by molar-refractivity contribution is 5.93. The summed E-state index contributed by atoms with van der Waals surface area (Å²) in [4.78, 5) is 17.1. The van der Waals surface area contributed by atoms with Crippen LogP contribution in [0.4, 0.5) is 19.1 Å². The average Bonchev–Trinajstić information content (AvgIpc) is 3.28. The molecule has 0 bridgehead atoms. The summed E-state index contributed by atoms with van der Waals surface area (Å²) < 4.78 is 42.1. The minimum atomic E-state index is -4.54. The van der Waals surface area contributed by atoms with Gasteiger partial charge in [0.05, 0.1) is 11.0 Å². The Morgan fingerprint density at radius 3 is 2.63 bits per heavy atom. The maximum Gasteiger partial charge on any atom is 0.435 e. The Morgan fingerprint density at radius 2 is 2.00 bits per heavy atom. The quantitative estimate of drug-likeness (QED) is 0.751. The molecule has 1 aliphatic rings. The Hall–Kier alpha value is -2.84. The van der Waals surface area contributed by atoms with Crippen molar-refractivity contribution in [1.82, 2.24) is 19.3 Å². The molecule has 1 unspecified atom stereocenters. The molecule has 4 rings (SSSR count). The number of aryl methyl sites for hydroxylation is 1. The fraction of sp³-hybridized carbons (Fsp3) is 0.389. The maximum atomic E-state index is 13.1. The lowest BCUT2D eigenvalue weighted by Gasteiger charge is -2.15. The molecule has 9 heteroatoms. The van der Waals surface area contributed by atoms with Crippen molar-refractivity contribution < 1.29 is 18.0 Å². The van der Waals surface area contributed by atoms with Crippen LogP contribution in [-0.2, 0) is 18.0 Å². The molecule has 0 spiro atoms. The second-order valence-corrected chi connectivity index (χ2v) is 6.82. The summed E-state index contributed by atoms with van der Waals surface area (Å²) in [6.45, 7) is 1.54. The fourth-order valence-electron chi connectivity index (χ4n) is 3.12. The van der Waals surface area contributed by atoms with Gasteiger partial charge in [-0.05, 0) is 38.0 Å². The van der Waals surface area contributed by atoms with Gasteiger partial charge in [0, 0.05) is 18.7 Å². The summed E-state index contributed by atoms with van der Waals surface area (Å²) in [6, 6.07) is 7.56. The van der Waals surface area contributed by atoms with E-state index in [-0.39, 0.29) is 5.92 Å². The van der Waals surface area contributed by atoms with E-state index in [1.807, 2.05) is 24.3 Å². The first-order chi connectivity index (χ1) is 12.8. The predicted molar refractivity (Wildman–Crippen MR) is 93.3 cm³/mol. The SMILES string of the molecule is CC(C(=O)Nc1nc2ccccc2n1C)n1nc(C(F)(F)F)cc1C1CC1. The molecule has 27 heavy (non-hydrogen) atoms. The van der Waals surface area contributed by atoms with Crippen LogP contribution in [0.5, 0.6) is 0 Å². The first kappa shape index (κ1) is 17.6. The normalized spacial score (nSPS) is 15.9. The standard InChI is InChI=1S/C18H18F3N5O/c1-10(26-14(11-7-8-11)9-15(24-26)18(19,20)21)16(27)23-17-22-12-5-3-4-6-13(12)25(17)2/h3-6,9-11H,7-8H2,1-2H3,(H,22,23,27). The molecule has 142 valence electrons. The van der Waals surface area contributed by atoms with Crippen LogP contribution in [0.3, 0.4) is 0 Å². The number of alkyl halides is 3. The van der Waals surface area contributed by atoms with Crippen molar-refractivity contribution in [3.05, 3.63) is 41.7 Å². The Kier molecular flexibility index (Phi) is 3.97. The van der Waals surface area contributed by atoms with Crippen LogP contribution in [0.25, 0.3) is 11.0 Å². The monoisotopic (exact) mass is 377 g/mol. The smallest absolute Gasteiger partial charge is 0.313 e. The topological polar surface area (TPSA) is 64.7 Å². The number of amides is 1. The van der Waals surface area contributed by atoms with Crippen molar-refractivity contribution in [2.75, 3.05) is 5.32 Å². The number of carbonyl (C=O) groups excluding carboxylic acids is 1. The number of benzene rings is 1. The lowest BCUT2D eigenvalue weighted by Crippen LogP contribution is -2.27. The van der Waals surface area contributed by atoms with Crippen LogP contribution in [0, 0.1) is 0 Å². The molecule has 6 nitrogen and oxygen atoms in total. The summed E-state index contributed by atoms with van der Waals surface area (Å²) in [7, 11) is 1.76. The number of para-hydroxylation sites is 2. The number of halogens is 3. The van der Waals surface area contributed by atoms with Crippen molar-refractivity contribution in [2.45, 2.75) is 37.9 Å². The van der Waals surface area contributed by atoms with Gasteiger partial charge in [-0.3, -0.25) is 14.8 Å². The number of nitrogens with zero attached hydrogens (tertiary/aromatic N) is 4. The molecule has 3 aromatic rings. The van der Waals surface area contributed by atoms with Crippen molar-refractivity contribution in [1.29, 1.82) is 0 Å². The van der Waals surface area contributed by atoms with Gasteiger partial charge in [-0.25, -0.2) is 4.98 Å². The van der Waals surface area contributed by atoms with Crippen LogP contribution in [0.15, 0.2) is 30.3 Å². The van der Waals surface area contributed by atoms with E-state index in [0.717, 1.165) is 29.9 Å². The number of hydrogen-bond donors (Lipinski definition) is 1. The molecule has 0 radical (unpaired) electrons. The fourth-order valence-corrected chi connectivity index (χ4v) is 3.12. The van der Waals surface area contributed by atoms with Crippen LogP contribution in [0.1, 0.15) is 43.1 Å². The van der Waals surface area contributed by atoms with Gasteiger partial charge in [-0.1, -0.05) is 12.1 Å². The number of anilines is 1. The number of aromatic nitrogens is 4. The number of imidazole rings is 1. The van der Waals surface area contributed by atoms with E-state index in [1.165, 1.54) is 11.6 Å². The number of hydrogen-bond acceptors (Lipinski definition) is 3. The van der Waals surface area contributed by atoms with Crippen molar-refractivity contribution in [2.24, 2.45) is 7.05 Å². The molecule has 1 aliphatic carbocycles. The zero-order chi connectivity index (χ0) is 19.3. The van der Waals surface area contributed by atoms with Crippen molar-refractivity contribution >= 4 is 22.9 Å². The zero-order valence-corrected chi connectivity index (χ0v) is 14.8. The highest BCUT2D eigenvalue weighted by Crippen LogP contribution is 2.43. The van der Waals surface area contributed by atoms with Gasteiger partial charge in [0.2, 0.25) is 5.95 Å². The molecule has 0 aliphatic heterocycles. The van der Waals surface area contributed by atoms with Gasteiger partial charge in [0.25, 0.3) is 5.91 Å². The Bertz CT molecular complexity index is 1020. The minimum absolute atomic E-state index is 0.0274. The average molecular weight is 377 g/mol. The third-order valence-corrected chi connectivity index (χ3v) is 4.82. The molecule has 2 aromatic heterocycles. The molecular formula is C18H18F3N5O. The van der Waals surface area contributed by atoms with Crippen molar-refractivity contribution in [3.63, 3.8) is 0 Å². The first-order valence-corrected chi connectivity index (χ1v) is 8.64. The maximum absolute atomic E-state index is 13.1. The second kappa shape index (κ2) is 6.11. The Balaban J connectivity index is 1.62. The van der Waals surface area contributed by atoms with Gasteiger partial charge in [0.15, 0.2) is 5.69 Å². The molecule has 1 saturated carbocycles. The highest BCUT2D eigenvalue weighted by atomic mass is 19.4. The summed E-state index contributed by atoms with van der Waals surface area (Å²) in [6.07, 6.45) is -2.92. The number of rotatable bonds is 4. The first-order valence-electron chi connectivity index (χ1n) is 8.64. The van der Waals surface area contributed by atoms with Crippen LogP contribution in [-0.4, -0.2) is 25.2 Å². The molecule has 1 fully saturated rings. The summed E-state index contributed by atoms with van der Waals surface area (Å²) in [5.41, 5.74) is 1.05. The summed E-state index contributed by atoms with van der Waals surface area (Å²) in [5, 5.41) is 6.38. The van der Waals surface area contributed by atoms with Crippen LogP contribution >= 0.6 is 0 Å². The van der Waals surface area contributed by atoms with E-state index in [4.69, 9.17) is 0 Å². The molecule has 1 aromatic carbocycles. The largest absolute Gasteiger partial charge is 0.435 e. The number of carbonyl (C=O) groups is 1. The zero-order valence-electron chi connectivity index (χ0n) is 14.8. The Morgan fingerprint density at radius 1 is 1.30 bits per heavy atom. The Labute approximate surface area is 153 Å². The van der Waals surface area contributed by atoms with E-state index in [1.54, 1.807) is 11.6 Å². The highest BCUT2D eigenvalue weighted by Gasteiger charge is 2.39. The predicted octanol–water partition coefficient (Wildman–Crippen LogP) is 3.87. The molecule has 1 amide bonds. The van der Waals surface area contributed by atoms with Crippen LogP contribution < -0.4 is 5.32 Å². The third kappa shape index (κ3) is 3.17. The van der Waals surface area contributed by atoms with Gasteiger partial charge in [-0.15, -0.1) is 0 Å². The summed E-state index contributed by atoms with van der Waals surface area (Å²) >= 11 is 0. The molecule has 0 saturated heterocycles. The minimum Gasteiger partial charge on any atom is -0.313 e. The second-order valence-electron chi connectivity index (χ2n) is 6.82. The lowest BCUT2D eigenvalue weighted by atomic mass is 10.2. The van der Waals surface area contributed by atoms with Gasteiger partial charge >= 0.3 is 6.18 Å². The molecule has 2 heterocycles. The molecule has 1 atom stereocenters. The van der Waals surface area contributed by atoms with E-state index in [0.29, 0.717) is 11.6 Å². The van der Waals surface area contributed by atoms with E-state index < -0.39 is 23.8 Å². The van der Waals surface area contributed by atoms with Crippen molar-refractivity contribution in [3.8, 4) is 0 Å². The lowest BCUT2D eigenvalue weighted by molar-refractivity contribution is -0.141. The van der Waals surface area contributed by atoms with E-state index >= 15 is 0 Å². The van der Waals surface area contributed by atoms with Gasteiger partial charge in [0.1, 0.15) is 6.04 Å². The number of nitrogens with one attached hydrogen (secondary N) is 1. The number of fused-ring (bicyclic) bond motifs is 1. The summed E-state index contributed by atoms with van der Waals surface area (Å²) in [5.74, 6) is -0.101. The van der Waals surface area contributed by atoms with Gasteiger partial charge in [-0.2, -0.15) is 18.3 Å². The van der Waals surface area contributed by atoms with E-state index in [2.05, 4.69) is 15.4 Å². The molecule has 1 N–H and O–H groups in total. The third-order valence-electron chi connectivity index (χ3n) is 4.82. The van der Waals surface area contributed by atoms with E-state index in [9.17, 15) is 18.0 Å². The molecular weight excluding hydrogens is 359 g/mol.